The average Bonchev–Trinajstić information content (AvgIpc) is 2.68. The fourth-order valence-corrected chi connectivity index (χ4v) is 3.03. The van der Waals surface area contributed by atoms with E-state index in [0.29, 0.717) is 6.04 Å². The molecule has 0 aliphatic heterocycles. The minimum Gasteiger partial charge on any atom is -0.314 e. The first-order chi connectivity index (χ1) is 10.0. The largest absolute Gasteiger partial charge is 0.314 e. The van der Waals surface area contributed by atoms with E-state index in [2.05, 4.69) is 71.4 Å². The fraction of sp³-hybridized carbons (Fsp3) is 0.471. The Balaban J connectivity index is 2.13. The predicted molar refractivity (Wildman–Crippen MR) is 91.7 cm³/mol. The van der Waals surface area contributed by atoms with Crippen LogP contribution in [-0.2, 0) is 19.9 Å². The van der Waals surface area contributed by atoms with Crippen LogP contribution in [0, 0.1) is 13.8 Å². The Kier molecular flexibility index (Phi) is 5.59. The van der Waals surface area contributed by atoms with Crippen molar-refractivity contribution in [3.63, 3.8) is 0 Å². The monoisotopic (exact) mass is 349 g/mol. The van der Waals surface area contributed by atoms with Gasteiger partial charge in [-0.1, -0.05) is 35.0 Å². The molecule has 0 bridgehead atoms. The highest BCUT2D eigenvalue weighted by molar-refractivity contribution is 9.10. The molecule has 0 amide bonds. The Morgan fingerprint density at radius 2 is 1.86 bits per heavy atom. The van der Waals surface area contributed by atoms with E-state index in [1.807, 2.05) is 11.7 Å². The first-order valence-electron chi connectivity index (χ1n) is 7.48. The molecule has 21 heavy (non-hydrogen) atoms. The summed E-state index contributed by atoms with van der Waals surface area (Å²) in [6.45, 7) is 7.40. The van der Waals surface area contributed by atoms with Gasteiger partial charge in [-0.05, 0) is 56.5 Å². The van der Waals surface area contributed by atoms with Crippen molar-refractivity contribution in [2.24, 2.45) is 7.05 Å². The summed E-state index contributed by atoms with van der Waals surface area (Å²) >= 11 is 3.49. The SMILES string of the molecule is CCNC(Cc1ccc(Br)cc1)Cc1c(C)nn(C)c1C. The quantitative estimate of drug-likeness (QED) is 0.863. The average molecular weight is 350 g/mol. The van der Waals surface area contributed by atoms with E-state index in [0.717, 1.165) is 29.6 Å². The summed E-state index contributed by atoms with van der Waals surface area (Å²) in [5.74, 6) is 0. The number of aryl methyl sites for hydroxylation is 2. The van der Waals surface area contributed by atoms with Crippen LogP contribution in [0.25, 0.3) is 0 Å². The Labute approximate surface area is 135 Å². The summed E-state index contributed by atoms with van der Waals surface area (Å²) < 4.78 is 3.11. The maximum atomic E-state index is 4.53. The molecular weight excluding hydrogens is 326 g/mol. The molecule has 3 nitrogen and oxygen atoms in total. The molecule has 1 aromatic carbocycles. The van der Waals surface area contributed by atoms with E-state index in [1.165, 1.54) is 16.8 Å². The molecule has 0 aliphatic rings. The van der Waals surface area contributed by atoms with Gasteiger partial charge in [0, 0.05) is 23.3 Å². The highest BCUT2D eigenvalue weighted by atomic mass is 79.9. The van der Waals surface area contributed by atoms with Gasteiger partial charge in [-0.3, -0.25) is 4.68 Å². The number of nitrogens with one attached hydrogen (secondary N) is 1. The molecular formula is C17H24BrN3. The van der Waals surface area contributed by atoms with Crippen LogP contribution in [0.4, 0.5) is 0 Å². The van der Waals surface area contributed by atoms with Crippen molar-refractivity contribution in [1.82, 2.24) is 15.1 Å². The van der Waals surface area contributed by atoms with Gasteiger partial charge in [-0.25, -0.2) is 0 Å². The molecule has 2 rings (SSSR count). The lowest BCUT2D eigenvalue weighted by Crippen LogP contribution is -2.33. The topological polar surface area (TPSA) is 29.9 Å². The lowest BCUT2D eigenvalue weighted by atomic mass is 9.98. The van der Waals surface area contributed by atoms with Crippen molar-refractivity contribution in [2.45, 2.75) is 39.7 Å². The fourth-order valence-electron chi connectivity index (χ4n) is 2.77. The van der Waals surface area contributed by atoms with E-state index in [4.69, 9.17) is 0 Å². The molecule has 4 heteroatoms. The number of hydrogen-bond acceptors (Lipinski definition) is 2. The zero-order chi connectivity index (χ0) is 15.4. The molecule has 0 saturated heterocycles. The minimum absolute atomic E-state index is 0.442. The third kappa shape index (κ3) is 4.17. The lowest BCUT2D eigenvalue weighted by Gasteiger charge is -2.18. The smallest absolute Gasteiger partial charge is 0.0628 e. The van der Waals surface area contributed by atoms with E-state index in [1.54, 1.807) is 0 Å². The van der Waals surface area contributed by atoms with Crippen LogP contribution in [0.5, 0.6) is 0 Å². The molecule has 0 fully saturated rings. The number of nitrogens with zero attached hydrogens (tertiary/aromatic N) is 2. The van der Waals surface area contributed by atoms with Crippen molar-refractivity contribution in [3.8, 4) is 0 Å². The third-order valence-electron chi connectivity index (χ3n) is 4.00. The Hall–Kier alpha value is -1.13. The van der Waals surface area contributed by atoms with Gasteiger partial charge in [0.25, 0.3) is 0 Å². The molecule has 0 saturated carbocycles. The molecule has 1 heterocycles. The van der Waals surface area contributed by atoms with Crippen LogP contribution in [0.1, 0.15) is 29.4 Å². The lowest BCUT2D eigenvalue weighted by molar-refractivity contribution is 0.519. The highest BCUT2D eigenvalue weighted by Gasteiger charge is 2.16. The normalized spacial score (nSPS) is 12.6. The first-order valence-corrected chi connectivity index (χ1v) is 8.27. The van der Waals surface area contributed by atoms with Crippen molar-refractivity contribution >= 4 is 15.9 Å². The number of rotatable bonds is 6. The number of likely N-dealkylation sites (N-methyl/N-ethyl adjacent to an activating group) is 1. The minimum atomic E-state index is 0.442. The molecule has 2 aromatic rings. The van der Waals surface area contributed by atoms with Gasteiger partial charge in [0.05, 0.1) is 5.69 Å². The van der Waals surface area contributed by atoms with Crippen LogP contribution >= 0.6 is 15.9 Å². The molecule has 1 atom stereocenters. The van der Waals surface area contributed by atoms with E-state index >= 15 is 0 Å². The summed E-state index contributed by atoms with van der Waals surface area (Å²) in [5, 5.41) is 8.13. The summed E-state index contributed by atoms with van der Waals surface area (Å²) in [6.07, 6.45) is 2.06. The molecule has 0 spiro atoms. The van der Waals surface area contributed by atoms with Gasteiger partial charge >= 0.3 is 0 Å². The summed E-state index contributed by atoms with van der Waals surface area (Å²) in [5.41, 5.74) is 5.16. The van der Waals surface area contributed by atoms with Crippen LogP contribution < -0.4 is 5.32 Å². The molecule has 0 radical (unpaired) electrons. The van der Waals surface area contributed by atoms with Gasteiger partial charge in [0.15, 0.2) is 0 Å². The van der Waals surface area contributed by atoms with Gasteiger partial charge in [0.2, 0.25) is 0 Å². The second kappa shape index (κ2) is 7.23. The summed E-state index contributed by atoms with van der Waals surface area (Å²) in [4.78, 5) is 0. The maximum absolute atomic E-state index is 4.53. The third-order valence-corrected chi connectivity index (χ3v) is 4.53. The van der Waals surface area contributed by atoms with E-state index in [9.17, 15) is 0 Å². The highest BCUT2D eigenvalue weighted by Crippen LogP contribution is 2.17. The Bertz CT molecular complexity index is 587. The van der Waals surface area contributed by atoms with Crippen LogP contribution in [-0.4, -0.2) is 22.4 Å². The summed E-state index contributed by atoms with van der Waals surface area (Å²) in [7, 11) is 2.02. The molecule has 114 valence electrons. The van der Waals surface area contributed by atoms with Gasteiger partial charge in [-0.15, -0.1) is 0 Å². The van der Waals surface area contributed by atoms with Crippen molar-refractivity contribution in [1.29, 1.82) is 0 Å². The zero-order valence-corrected chi connectivity index (χ0v) is 14.9. The Morgan fingerprint density at radius 1 is 1.19 bits per heavy atom. The van der Waals surface area contributed by atoms with E-state index in [-0.39, 0.29) is 0 Å². The van der Waals surface area contributed by atoms with Gasteiger partial charge in [-0.2, -0.15) is 5.10 Å². The molecule has 1 aromatic heterocycles. The molecule has 0 aliphatic carbocycles. The van der Waals surface area contributed by atoms with Crippen LogP contribution in [0.3, 0.4) is 0 Å². The zero-order valence-electron chi connectivity index (χ0n) is 13.3. The number of aromatic nitrogens is 2. The number of benzene rings is 1. The van der Waals surface area contributed by atoms with Gasteiger partial charge < -0.3 is 5.32 Å². The second-order valence-electron chi connectivity index (χ2n) is 5.56. The van der Waals surface area contributed by atoms with Crippen molar-refractivity contribution < 1.29 is 0 Å². The Morgan fingerprint density at radius 3 is 2.38 bits per heavy atom. The van der Waals surface area contributed by atoms with Gasteiger partial charge in [0.1, 0.15) is 0 Å². The molecule has 1 N–H and O–H groups in total. The van der Waals surface area contributed by atoms with Crippen LogP contribution in [0.15, 0.2) is 28.7 Å². The first kappa shape index (κ1) is 16.2. The standard InChI is InChI=1S/C17H24BrN3/c1-5-19-16(10-14-6-8-15(18)9-7-14)11-17-12(2)20-21(4)13(17)3/h6-9,16,19H,5,10-11H2,1-4H3. The predicted octanol–water partition coefficient (Wildman–Crippen LogP) is 3.56. The molecule has 1 unspecified atom stereocenters. The summed E-state index contributed by atoms with van der Waals surface area (Å²) in [6, 6.07) is 9.05. The van der Waals surface area contributed by atoms with Crippen molar-refractivity contribution in [3.05, 3.63) is 51.3 Å². The second-order valence-corrected chi connectivity index (χ2v) is 6.48. The van der Waals surface area contributed by atoms with E-state index < -0.39 is 0 Å². The number of hydrogen-bond donors (Lipinski definition) is 1. The van der Waals surface area contributed by atoms with Crippen LogP contribution in [0.2, 0.25) is 0 Å². The maximum Gasteiger partial charge on any atom is 0.0628 e. The number of halogens is 1. The van der Waals surface area contributed by atoms with Crippen molar-refractivity contribution in [2.75, 3.05) is 6.54 Å².